The Morgan fingerprint density at radius 1 is 0.921 bits per heavy atom. The fourth-order valence-corrected chi connectivity index (χ4v) is 5.86. The monoisotopic (exact) mass is 614 g/mol. The molecule has 3 aromatic rings. The van der Waals surface area contributed by atoms with Gasteiger partial charge in [0.15, 0.2) is 0 Å². The highest BCUT2D eigenvalue weighted by Crippen LogP contribution is 2.75. The van der Waals surface area contributed by atoms with Crippen molar-refractivity contribution in [3.05, 3.63) is 98.3 Å². The first-order valence-electron chi connectivity index (χ1n) is 10.3. The molecule has 0 spiro atoms. The van der Waals surface area contributed by atoms with Crippen molar-refractivity contribution >= 4 is 63.9 Å². The third-order valence-electron chi connectivity index (χ3n) is 6.17. The Balaban J connectivity index is 1.83. The summed E-state index contributed by atoms with van der Waals surface area (Å²) in [5.41, 5.74) is 0.351. The number of nitrogens with one attached hydrogen (secondary N) is 1. The average Bonchev–Trinajstić information content (AvgIpc) is 3.33. The van der Waals surface area contributed by atoms with E-state index in [-0.39, 0.29) is 16.1 Å². The van der Waals surface area contributed by atoms with Crippen molar-refractivity contribution in [2.24, 2.45) is 5.73 Å². The van der Waals surface area contributed by atoms with Crippen molar-refractivity contribution in [1.29, 1.82) is 0 Å². The molecule has 200 valence electrons. The van der Waals surface area contributed by atoms with Gasteiger partial charge in [-0.3, -0.25) is 9.59 Å². The predicted molar refractivity (Wildman–Crippen MR) is 130 cm³/mol. The summed E-state index contributed by atoms with van der Waals surface area (Å²) in [6, 6.07) is 6.45. The van der Waals surface area contributed by atoms with Gasteiger partial charge in [-0.05, 0) is 47.5 Å². The molecule has 1 aliphatic rings. The lowest BCUT2D eigenvalue weighted by Crippen LogP contribution is -2.34. The van der Waals surface area contributed by atoms with Crippen LogP contribution in [0.1, 0.15) is 33.0 Å². The van der Waals surface area contributed by atoms with Gasteiger partial charge in [0.05, 0.1) is 26.9 Å². The Kier molecular flexibility index (Phi) is 7.10. The van der Waals surface area contributed by atoms with Crippen molar-refractivity contribution in [1.82, 2.24) is 0 Å². The first kappa shape index (κ1) is 28.4. The number of halogens is 10. The molecule has 0 aliphatic heterocycles. The van der Waals surface area contributed by atoms with E-state index in [0.717, 1.165) is 24.3 Å². The van der Waals surface area contributed by atoms with E-state index >= 15 is 0 Å². The Hall–Kier alpha value is -2.66. The number of rotatable bonds is 5. The largest absolute Gasteiger partial charge is 0.416 e. The Morgan fingerprint density at radius 3 is 2.16 bits per heavy atom. The summed E-state index contributed by atoms with van der Waals surface area (Å²) in [5, 5.41) is 1.08. The zero-order chi connectivity index (χ0) is 28.4. The lowest BCUT2D eigenvalue weighted by atomic mass is 9.88. The summed E-state index contributed by atoms with van der Waals surface area (Å²) in [6.07, 6.45) is -4.93. The van der Waals surface area contributed by atoms with Crippen LogP contribution in [-0.2, 0) is 16.4 Å². The molecule has 0 saturated heterocycles. The van der Waals surface area contributed by atoms with E-state index in [1.807, 2.05) is 0 Å². The van der Waals surface area contributed by atoms with Crippen LogP contribution in [0.4, 0.5) is 32.0 Å². The van der Waals surface area contributed by atoms with Gasteiger partial charge in [0, 0.05) is 12.0 Å². The summed E-state index contributed by atoms with van der Waals surface area (Å²) >= 11 is 24.6. The second-order valence-corrected chi connectivity index (χ2v) is 10.6. The van der Waals surface area contributed by atoms with E-state index in [1.165, 1.54) is 6.07 Å². The smallest absolute Gasteiger partial charge is 0.369 e. The number of anilines is 1. The quantitative estimate of drug-likeness (QED) is 0.232. The zero-order valence-electron chi connectivity index (χ0n) is 18.4. The molecule has 38 heavy (non-hydrogen) atoms. The minimum atomic E-state index is -4.93. The predicted octanol–water partition coefficient (Wildman–Crippen LogP) is 7.38. The van der Waals surface area contributed by atoms with E-state index in [4.69, 9.17) is 52.1 Å². The van der Waals surface area contributed by atoms with Crippen molar-refractivity contribution < 1.29 is 35.9 Å². The minimum absolute atomic E-state index is 0.193. The van der Waals surface area contributed by atoms with Gasteiger partial charge in [0.1, 0.15) is 27.2 Å². The van der Waals surface area contributed by atoms with Crippen molar-refractivity contribution in [3.63, 3.8) is 0 Å². The number of primary amides is 1. The fourth-order valence-electron chi connectivity index (χ4n) is 4.35. The molecule has 14 heteroatoms. The lowest BCUT2D eigenvalue weighted by molar-refractivity contribution is -0.137. The summed E-state index contributed by atoms with van der Waals surface area (Å²) in [5.74, 6) is -7.23. The molecular weight excluding hydrogens is 604 g/mol. The van der Waals surface area contributed by atoms with Crippen molar-refractivity contribution in [2.45, 2.75) is 21.8 Å². The molecule has 4 nitrogen and oxygen atoms in total. The fraction of sp³-hybridized carbons (Fsp3) is 0.167. The van der Waals surface area contributed by atoms with Crippen LogP contribution >= 0.6 is 46.4 Å². The number of benzene rings is 3. The Morgan fingerprint density at radius 2 is 1.58 bits per heavy atom. The summed E-state index contributed by atoms with van der Waals surface area (Å²) in [7, 11) is 0. The van der Waals surface area contributed by atoms with Crippen LogP contribution in [0.2, 0.25) is 10.0 Å². The van der Waals surface area contributed by atoms with Crippen molar-refractivity contribution in [3.8, 4) is 0 Å². The number of hydrogen-bond acceptors (Lipinski definition) is 2. The molecule has 0 radical (unpaired) electrons. The van der Waals surface area contributed by atoms with Gasteiger partial charge < -0.3 is 11.1 Å². The molecule has 2 unspecified atom stereocenters. The molecular formula is C24H12Cl4F6N2O2. The van der Waals surface area contributed by atoms with Crippen LogP contribution in [0, 0.1) is 17.5 Å². The Bertz CT molecular complexity index is 1500. The number of carbonyl (C=O) groups is 2. The van der Waals surface area contributed by atoms with Crippen LogP contribution in [-0.4, -0.2) is 16.1 Å². The highest BCUT2D eigenvalue weighted by atomic mass is 35.5. The number of amides is 2. The van der Waals surface area contributed by atoms with Crippen LogP contribution in [0.15, 0.2) is 48.5 Å². The standard InChI is InChI=1S/C24H12Cl4F6N2O2/c25-14-3-1-9(5-12(14)20(37)36-17-4-2-11(29)8-16(17)30)22(21(35)38)19(23(22,27)28)13-6-10(24(32,33)34)7-15(26)18(13)31/h1-8,19H,(H2,35,38)(H,36,37). The number of hydrogen-bond donors (Lipinski definition) is 2. The average molecular weight is 616 g/mol. The molecule has 2 atom stereocenters. The first-order chi connectivity index (χ1) is 17.5. The van der Waals surface area contributed by atoms with Crippen molar-refractivity contribution in [2.75, 3.05) is 5.32 Å². The summed E-state index contributed by atoms with van der Waals surface area (Å²) in [4.78, 5) is 25.6. The molecule has 1 fully saturated rings. The Labute approximate surface area is 230 Å². The summed E-state index contributed by atoms with van der Waals surface area (Å²) in [6.45, 7) is 0. The number of nitrogens with two attached hydrogens (primary N) is 1. The van der Waals surface area contributed by atoms with Crippen LogP contribution in [0.25, 0.3) is 0 Å². The van der Waals surface area contributed by atoms with E-state index < -0.39 is 72.9 Å². The van der Waals surface area contributed by atoms with E-state index in [1.54, 1.807) is 0 Å². The third kappa shape index (κ3) is 4.47. The second-order valence-electron chi connectivity index (χ2n) is 8.36. The van der Waals surface area contributed by atoms with E-state index in [9.17, 15) is 35.9 Å². The molecule has 3 N–H and O–H groups in total. The highest BCUT2D eigenvalue weighted by molar-refractivity contribution is 6.55. The molecule has 4 rings (SSSR count). The maximum absolute atomic E-state index is 15.0. The second kappa shape index (κ2) is 9.51. The van der Waals surface area contributed by atoms with Crippen LogP contribution in [0.5, 0.6) is 0 Å². The molecule has 2 amide bonds. The van der Waals surface area contributed by atoms with Crippen LogP contribution < -0.4 is 11.1 Å². The van der Waals surface area contributed by atoms with Gasteiger partial charge in [0.25, 0.3) is 5.91 Å². The molecule has 0 heterocycles. The first-order valence-corrected chi connectivity index (χ1v) is 11.8. The number of carbonyl (C=O) groups excluding carboxylic acids is 2. The maximum atomic E-state index is 15.0. The van der Waals surface area contributed by atoms with Crippen LogP contribution in [0.3, 0.4) is 0 Å². The molecule has 1 saturated carbocycles. The van der Waals surface area contributed by atoms with Gasteiger partial charge in [-0.15, -0.1) is 0 Å². The highest BCUT2D eigenvalue weighted by Gasteiger charge is 2.81. The van der Waals surface area contributed by atoms with Gasteiger partial charge >= 0.3 is 6.18 Å². The third-order valence-corrected chi connectivity index (χ3v) is 7.80. The maximum Gasteiger partial charge on any atom is 0.416 e. The van der Waals surface area contributed by atoms with Gasteiger partial charge in [-0.25, -0.2) is 13.2 Å². The van der Waals surface area contributed by atoms with Gasteiger partial charge in [0.2, 0.25) is 5.91 Å². The topological polar surface area (TPSA) is 72.2 Å². The normalized spacial score (nSPS) is 20.2. The molecule has 0 bridgehead atoms. The SMILES string of the molecule is NC(=O)C1(c2ccc(Cl)c(C(=O)Nc3ccc(F)cc3F)c2)C(c2cc(C(F)(F)F)cc(Cl)c2F)C1(Cl)Cl. The van der Waals surface area contributed by atoms with Gasteiger partial charge in [-0.2, -0.15) is 13.2 Å². The lowest BCUT2D eigenvalue weighted by Gasteiger charge is -2.18. The molecule has 0 aromatic heterocycles. The molecule has 1 aliphatic carbocycles. The van der Waals surface area contributed by atoms with E-state index in [2.05, 4.69) is 5.32 Å². The van der Waals surface area contributed by atoms with Gasteiger partial charge in [-0.1, -0.05) is 52.5 Å². The number of alkyl halides is 5. The molecule has 3 aromatic carbocycles. The van der Waals surface area contributed by atoms with E-state index in [0.29, 0.717) is 18.2 Å². The zero-order valence-corrected chi connectivity index (χ0v) is 21.4. The summed E-state index contributed by atoms with van der Waals surface area (Å²) < 4.78 is 80.1. The minimum Gasteiger partial charge on any atom is -0.369 e.